The van der Waals surface area contributed by atoms with Crippen molar-refractivity contribution in [2.24, 2.45) is 5.92 Å². The molecule has 1 aromatic carbocycles. The summed E-state index contributed by atoms with van der Waals surface area (Å²) in [5.74, 6) is -1.98. The number of nitrogens with one attached hydrogen (secondary N) is 2. The average Bonchev–Trinajstić information content (AvgIpc) is 3.30. The van der Waals surface area contributed by atoms with Crippen molar-refractivity contribution in [3.05, 3.63) is 41.6 Å². The number of esters is 1. The summed E-state index contributed by atoms with van der Waals surface area (Å²) in [7, 11) is 2.62. The van der Waals surface area contributed by atoms with E-state index in [0.717, 1.165) is 6.39 Å². The number of rotatable bonds is 4. The molecule has 2 N–H and O–H groups in total. The van der Waals surface area contributed by atoms with E-state index in [4.69, 9.17) is 18.6 Å². The van der Waals surface area contributed by atoms with Gasteiger partial charge in [0.15, 0.2) is 17.9 Å². The molecule has 0 fully saturated rings. The van der Waals surface area contributed by atoms with E-state index < -0.39 is 41.9 Å². The first kappa shape index (κ1) is 27.5. The van der Waals surface area contributed by atoms with Crippen molar-refractivity contribution in [3.63, 3.8) is 0 Å². The molecule has 1 aromatic heterocycles. The Labute approximate surface area is 214 Å². The Morgan fingerprint density at radius 3 is 2.51 bits per heavy atom. The van der Waals surface area contributed by atoms with Gasteiger partial charge in [0.2, 0.25) is 17.8 Å². The summed E-state index contributed by atoms with van der Waals surface area (Å²) < 4.78 is 21.4. The molecule has 0 unspecified atom stereocenters. The third-order valence-corrected chi connectivity index (χ3v) is 6.06. The van der Waals surface area contributed by atoms with Gasteiger partial charge >= 0.3 is 5.97 Å². The zero-order valence-corrected chi connectivity index (χ0v) is 21.7. The predicted octanol–water partition coefficient (Wildman–Crippen LogP) is 1.33. The van der Waals surface area contributed by atoms with Crippen LogP contribution in [0.1, 0.15) is 47.4 Å². The number of benzene rings is 1. The zero-order valence-electron chi connectivity index (χ0n) is 21.7. The van der Waals surface area contributed by atoms with E-state index in [-0.39, 0.29) is 41.8 Å². The van der Waals surface area contributed by atoms with Crippen LogP contribution in [0, 0.1) is 12.8 Å². The number of carbonyl (C=O) groups excluding carboxylic acids is 4. The van der Waals surface area contributed by atoms with Gasteiger partial charge in [-0.15, -0.1) is 0 Å². The fraction of sp³-hybridized carbons (Fsp3) is 0.480. The molecule has 3 atom stereocenters. The molecule has 2 bridgehead atoms. The van der Waals surface area contributed by atoms with Gasteiger partial charge in [-0.05, 0) is 38.0 Å². The number of hydrogen-bond acceptors (Lipinski definition) is 9. The van der Waals surface area contributed by atoms with Crippen LogP contribution in [-0.4, -0.2) is 79.1 Å². The SMILES string of the molecule is COC(=O)[C@@H]1Oc2cc(ccc2OC)C(=O)N[C@@H](C(C)C)CN(C(=O)c2ocnc2C)CC(=O)N[C@H]1C. The summed E-state index contributed by atoms with van der Waals surface area (Å²) >= 11 is 0. The van der Waals surface area contributed by atoms with Gasteiger partial charge in [-0.25, -0.2) is 9.78 Å². The van der Waals surface area contributed by atoms with Gasteiger partial charge in [0.05, 0.1) is 26.0 Å². The van der Waals surface area contributed by atoms with Gasteiger partial charge in [0, 0.05) is 18.2 Å². The Balaban J connectivity index is 2.06. The lowest BCUT2D eigenvalue weighted by atomic mass is 10.0. The van der Waals surface area contributed by atoms with Gasteiger partial charge in [0.25, 0.3) is 11.8 Å². The highest BCUT2D eigenvalue weighted by Gasteiger charge is 2.34. The van der Waals surface area contributed by atoms with Crippen molar-refractivity contribution in [2.45, 2.75) is 45.9 Å². The summed E-state index contributed by atoms with van der Waals surface area (Å²) in [5.41, 5.74) is 0.621. The minimum atomic E-state index is -1.27. The molecule has 2 heterocycles. The predicted molar refractivity (Wildman–Crippen MR) is 130 cm³/mol. The highest BCUT2D eigenvalue weighted by Crippen LogP contribution is 2.30. The number of aryl methyl sites for hydroxylation is 1. The minimum Gasteiger partial charge on any atom is -0.493 e. The van der Waals surface area contributed by atoms with E-state index in [2.05, 4.69) is 15.6 Å². The molecule has 1 aliphatic heterocycles. The van der Waals surface area contributed by atoms with Crippen molar-refractivity contribution in [1.29, 1.82) is 0 Å². The second-order valence-corrected chi connectivity index (χ2v) is 9.06. The van der Waals surface area contributed by atoms with E-state index in [1.165, 1.54) is 25.2 Å². The number of aromatic nitrogens is 1. The van der Waals surface area contributed by atoms with Gasteiger partial charge in [-0.1, -0.05) is 13.8 Å². The van der Waals surface area contributed by atoms with E-state index >= 15 is 0 Å². The fourth-order valence-electron chi connectivity index (χ4n) is 3.85. The normalized spacial score (nSPS) is 20.8. The Bertz CT molecular complexity index is 1160. The molecule has 0 radical (unpaired) electrons. The topological polar surface area (TPSA) is 149 Å². The molecule has 2 aromatic rings. The van der Waals surface area contributed by atoms with E-state index in [0.29, 0.717) is 5.69 Å². The lowest BCUT2D eigenvalue weighted by Gasteiger charge is -2.31. The fourth-order valence-corrected chi connectivity index (χ4v) is 3.85. The molecule has 12 heteroatoms. The number of fused-ring (bicyclic) bond motifs is 2. The van der Waals surface area contributed by atoms with Crippen LogP contribution in [0.4, 0.5) is 0 Å². The molecule has 37 heavy (non-hydrogen) atoms. The molecule has 1 aliphatic rings. The molecule has 3 amide bonds. The lowest BCUT2D eigenvalue weighted by molar-refractivity contribution is -0.150. The quantitative estimate of drug-likeness (QED) is 0.574. The number of amides is 3. The van der Waals surface area contributed by atoms with Crippen molar-refractivity contribution in [2.75, 3.05) is 27.3 Å². The number of carbonyl (C=O) groups is 4. The molecule has 3 rings (SSSR count). The van der Waals surface area contributed by atoms with Crippen LogP contribution in [0.5, 0.6) is 11.5 Å². The first-order valence-corrected chi connectivity index (χ1v) is 11.8. The maximum atomic E-state index is 13.3. The third kappa shape index (κ3) is 6.38. The number of methoxy groups -OCH3 is 2. The molecule has 0 saturated heterocycles. The van der Waals surface area contributed by atoms with Crippen LogP contribution < -0.4 is 20.1 Å². The third-order valence-electron chi connectivity index (χ3n) is 6.06. The van der Waals surface area contributed by atoms with Gasteiger partial charge < -0.3 is 34.2 Å². The number of nitrogens with zero attached hydrogens (tertiary/aromatic N) is 2. The smallest absolute Gasteiger partial charge is 0.349 e. The molecule has 0 saturated carbocycles. The molecule has 12 nitrogen and oxygen atoms in total. The number of oxazole rings is 1. The number of ether oxygens (including phenoxy) is 3. The summed E-state index contributed by atoms with van der Waals surface area (Å²) in [6.07, 6.45) is -0.121. The molecule has 0 spiro atoms. The van der Waals surface area contributed by atoms with Gasteiger partial charge in [-0.2, -0.15) is 0 Å². The van der Waals surface area contributed by atoms with Crippen molar-refractivity contribution < 1.29 is 37.8 Å². The summed E-state index contributed by atoms with van der Waals surface area (Å²) in [4.78, 5) is 57.4. The first-order valence-electron chi connectivity index (χ1n) is 11.8. The highest BCUT2D eigenvalue weighted by atomic mass is 16.6. The first-order chi connectivity index (χ1) is 17.5. The van der Waals surface area contributed by atoms with Crippen molar-refractivity contribution >= 4 is 23.7 Å². The maximum Gasteiger partial charge on any atom is 0.349 e. The van der Waals surface area contributed by atoms with Crippen LogP contribution in [0.15, 0.2) is 29.0 Å². The summed E-state index contributed by atoms with van der Waals surface area (Å²) in [5, 5.41) is 5.64. The van der Waals surface area contributed by atoms with Crippen LogP contribution in [0.3, 0.4) is 0 Å². The second-order valence-electron chi connectivity index (χ2n) is 9.06. The summed E-state index contributed by atoms with van der Waals surface area (Å²) in [6, 6.07) is 3.17. The van der Waals surface area contributed by atoms with Crippen LogP contribution in [-0.2, 0) is 14.3 Å². The summed E-state index contributed by atoms with van der Waals surface area (Å²) in [6.45, 7) is 6.61. The van der Waals surface area contributed by atoms with E-state index in [9.17, 15) is 19.2 Å². The van der Waals surface area contributed by atoms with Gasteiger partial charge in [0.1, 0.15) is 6.54 Å². The van der Waals surface area contributed by atoms with E-state index in [1.54, 1.807) is 26.0 Å². The molecule has 0 aliphatic carbocycles. The second kappa shape index (κ2) is 11.8. The zero-order chi connectivity index (χ0) is 27.3. The molecular formula is C25H32N4O8. The number of hydrogen-bond donors (Lipinski definition) is 2. The maximum absolute atomic E-state index is 13.3. The van der Waals surface area contributed by atoms with Gasteiger partial charge in [-0.3, -0.25) is 14.4 Å². The van der Waals surface area contributed by atoms with E-state index in [1.807, 2.05) is 13.8 Å². The Kier molecular flexibility index (Phi) is 8.74. The van der Waals surface area contributed by atoms with Crippen molar-refractivity contribution in [3.8, 4) is 11.5 Å². The average molecular weight is 517 g/mol. The minimum absolute atomic E-state index is 0.00800. The Morgan fingerprint density at radius 2 is 1.92 bits per heavy atom. The molecular weight excluding hydrogens is 484 g/mol. The highest BCUT2D eigenvalue weighted by molar-refractivity contribution is 5.96. The lowest BCUT2D eigenvalue weighted by Crippen LogP contribution is -2.54. The molecule has 200 valence electrons. The van der Waals surface area contributed by atoms with Crippen LogP contribution in [0.25, 0.3) is 0 Å². The van der Waals surface area contributed by atoms with Crippen LogP contribution >= 0.6 is 0 Å². The van der Waals surface area contributed by atoms with Crippen molar-refractivity contribution in [1.82, 2.24) is 20.5 Å². The standard InChI is InChI=1S/C25H32N4O8/c1-13(2)17-10-29(24(32)21-14(3)26-12-36-21)11-20(30)27-15(4)22(25(33)35-6)37-19-9-16(23(31)28-17)7-8-18(19)34-5/h7-9,12-13,15,17,22H,10-11H2,1-6H3,(H,27,30)(H,28,31)/t15-,17+,22+/m0/s1. The largest absolute Gasteiger partial charge is 0.493 e. The Hall–Kier alpha value is -4.09. The Morgan fingerprint density at radius 1 is 1.19 bits per heavy atom. The monoisotopic (exact) mass is 516 g/mol. The van der Waals surface area contributed by atoms with Crippen LogP contribution in [0.2, 0.25) is 0 Å².